The predicted octanol–water partition coefficient (Wildman–Crippen LogP) is 11.7. The van der Waals surface area contributed by atoms with Crippen molar-refractivity contribution in [3.8, 4) is 0 Å². The average Bonchev–Trinajstić information content (AvgIpc) is 3.13. The zero-order chi connectivity index (χ0) is 36.5. The van der Waals surface area contributed by atoms with Crippen molar-refractivity contribution in [1.82, 2.24) is 0 Å². The molecule has 5 aromatic rings. The minimum Gasteiger partial charge on any atom is -0.341 e. The number of nitrogens with zero attached hydrogens (tertiary/aromatic N) is 2. The third-order valence-corrected chi connectivity index (χ3v) is 10.9. The summed E-state index contributed by atoms with van der Waals surface area (Å²) in [5.74, 6) is -0.426. The van der Waals surface area contributed by atoms with E-state index in [0.717, 1.165) is 96.6 Å². The zero-order valence-electron chi connectivity index (χ0n) is 31.2. The van der Waals surface area contributed by atoms with Gasteiger partial charge in [-0.2, -0.15) is 8.42 Å². The largest absolute Gasteiger partial charge is 0.341 e. The van der Waals surface area contributed by atoms with Crippen molar-refractivity contribution in [1.29, 1.82) is 0 Å². The van der Waals surface area contributed by atoms with Gasteiger partial charge in [-0.15, -0.1) is 0 Å². The second-order valence-electron chi connectivity index (χ2n) is 13.6. The fourth-order valence-electron chi connectivity index (χ4n) is 7.06. The first-order valence-electron chi connectivity index (χ1n) is 18.6. The monoisotopic (exact) mass is 702 g/mol. The molecule has 0 bridgehead atoms. The number of benzene rings is 5. The van der Waals surface area contributed by atoms with Crippen LogP contribution in [0, 0.1) is 13.8 Å². The Hall–Kier alpha value is -4.39. The van der Waals surface area contributed by atoms with Crippen LogP contribution in [0.25, 0.3) is 0 Å². The molecule has 0 saturated heterocycles. The molecule has 0 fully saturated rings. The second-order valence-corrected chi connectivity index (χ2v) is 15.0. The molecule has 0 aliphatic rings. The standard InChI is InChI=1S/C45H54N2O3S/c1-7-11-29-46(39-23-17-35(9-3)18-24-39)42-27-21-37(31-33(42)5)45(41-15-13-14-16-44(41)51(48,49)50)38-22-28-43(34(6)32-38)47(30-12-8-2)40-25-19-36(10-4)20-26-40/h13-28,31-32,45H,7-12,29-30H2,1-6H3,(H,48,49,50). The Morgan fingerprint density at radius 1 is 0.588 bits per heavy atom. The molecule has 0 unspecified atom stereocenters. The molecule has 0 radical (unpaired) electrons. The van der Waals surface area contributed by atoms with Gasteiger partial charge >= 0.3 is 0 Å². The maximum absolute atomic E-state index is 12.8. The van der Waals surface area contributed by atoms with E-state index in [1.165, 1.54) is 17.2 Å². The molecule has 5 aromatic carbocycles. The van der Waals surface area contributed by atoms with E-state index in [0.29, 0.717) is 5.56 Å². The van der Waals surface area contributed by atoms with Crippen LogP contribution in [0.1, 0.15) is 98.2 Å². The van der Waals surface area contributed by atoms with Crippen molar-refractivity contribution in [3.05, 3.63) is 148 Å². The van der Waals surface area contributed by atoms with Crippen molar-refractivity contribution < 1.29 is 13.0 Å². The van der Waals surface area contributed by atoms with Crippen molar-refractivity contribution in [2.24, 2.45) is 0 Å². The van der Waals surface area contributed by atoms with Crippen LogP contribution in [0.5, 0.6) is 0 Å². The van der Waals surface area contributed by atoms with E-state index in [1.807, 2.05) is 12.1 Å². The quantitative estimate of drug-likeness (QED) is 0.0819. The number of anilines is 4. The van der Waals surface area contributed by atoms with E-state index in [4.69, 9.17) is 0 Å². The molecule has 0 aromatic heterocycles. The lowest BCUT2D eigenvalue weighted by Crippen LogP contribution is -2.20. The number of rotatable bonds is 16. The molecule has 0 aliphatic heterocycles. The lowest BCUT2D eigenvalue weighted by molar-refractivity contribution is 0.482. The van der Waals surface area contributed by atoms with Gasteiger partial charge in [0, 0.05) is 41.8 Å². The Bertz CT molecular complexity index is 1890. The topological polar surface area (TPSA) is 60.9 Å². The average molecular weight is 703 g/mol. The van der Waals surface area contributed by atoms with Crippen LogP contribution in [0.2, 0.25) is 0 Å². The minimum absolute atomic E-state index is 0.0698. The number of hydrogen-bond donors (Lipinski definition) is 1. The van der Waals surface area contributed by atoms with E-state index < -0.39 is 16.0 Å². The van der Waals surface area contributed by atoms with Crippen LogP contribution in [0.3, 0.4) is 0 Å². The molecule has 5 rings (SSSR count). The summed E-state index contributed by atoms with van der Waals surface area (Å²) in [6.07, 6.45) is 6.29. The minimum atomic E-state index is -4.48. The maximum Gasteiger partial charge on any atom is 0.294 e. The zero-order valence-corrected chi connectivity index (χ0v) is 32.0. The molecule has 0 atom stereocenters. The highest BCUT2D eigenvalue weighted by molar-refractivity contribution is 7.85. The Morgan fingerprint density at radius 2 is 1.02 bits per heavy atom. The van der Waals surface area contributed by atoms with E-state index in [2.05, 4.69) is 136 Å². The number of unbranched alkanes of at least 4 members (excludes halogenated alkanes) is 2. The van der Waals surface area contributed by atoms with E-state index in [1.54, 1.807) is 6.07 Å². The molecule has 51 heavy (non-hydrogen) atoms. The van der Waals surface area contributed by atoms with E-state index in [-0.39, 0.29) is 4.90 Å². The molecule has 0 aliphatic carbocycles. The van der Waals surface area contributed by atoms with Gasteiger partial charge in [0.1, 0.15) is 0 Å². The van der Waals surface area contributed by atoms with Gasteiger partial charge in [-0.1, -0.05) is 107 Å². The molecule has 0 saturated carbocycles. The summed E-state index contributed by atoms with van der Waals surface area (Å²) >= 11 is 0. The van der Waals surface area contributed by atoms with Gasteiger partial charge in [0.15, 0.2) is 0 Å². The first-order valence-corrected chi connectivity index (χ1v) is 20.0. The van der Waals surface area contributed by atoms with Gasteiger partial charge in [-0.25, -0.2) is 0 Å². The molecule has 5 nitrogen and oxygen atoms in total. The Kier molecular flexibility index (Phi) is 12.8. The van der Waals surface area contributed by atoms with Gasteiger partial charge in [-0.3, -0.25) is 4.55 Å². The van der Waals surface area contributed by atoms with Crippen molar-refractivity contribution in [2.45, 2.75) is 90.9 Å². The van der Waals surface area contributed by atoms with Gasteiger partial charge < -0.3 is 9.80 Å². The maximum atomic E-state index is 12.8. The van der Waals surface area contributed by atoms with Gasteiger partial charge in [0.25, 0.3) is 10.1 Å². The SMILES string of the molecule is CCCCN(c1ccc(CC)cc1)c1ccc(C(c2ccc(N(CCCC)c3ccc(CC)cc3)c(C)c2)c2ccccc2S(=O)(=O)O)cc1C. The van der Waals surface area contributed by atoms with Crippen molar-refractivity contribution >= 4 is 32.9 Å². The van der Waals surface area contributed by atoms with Gasteiger partial charge in [-0.05, 0) is 121 Å². The summed E-state index contributed by atoms with van der Waals surface area (Å²) in [4.78, 5) is 4.71. The van der Waals surface area contributed by atoms with Gasteiger partial charge in [0.2, 0.25) is 0 Å². The molecular weight excluding hydrogens is 649 g/mol. The number of aryl methyl sites for hydroxylation is 4. The van der Waals surface area contributed by atoms with E-state index in [9.17, 15) is 13.0 Å². The molecule has 0 heterocycles. The molecule has 268 valence electrons. The van der Waals surface area contributed by atoms with Crippen LogP contribution in [-0.4, -0.2) is 26.1 Å². The summed E-state index contributed by atoms with van der Waals surface area (Å²) in [5.41, 5.74) is 11.9. The van der Waals surface area contributed by atoms with Crippen LogP contribution >= 0.6 is 0 Å². The van der Waals surface area contributed by atoms with Gasteiger partial charge in [0.05, 0.1) is 4.90 Å². The highest BCUT2D eigenvalue weighted by Crippen LogP contribution is 2.40. The third kappa shape index (κ3) is 8.92. The summed E-state index contributed by atoms with van der Waals surface area (Å²) < 4.78 is 36.0. The fourth-order valence-corrected chi connectivity index (χ4v) is 7.79. The van der Waals surface area contributed by atoms with E-state index >= 15 is 0 Å². The van der Waals surface area contributed by atoms with Crippen LogP contribution in [0.15, 0.2) is 114 Å². The smallest absolute Gasteiger partial charge is 0.294 e. The summed E-state index contributed by atoms with van der Waals surface area (Å²) in [6.45, 7) is 14.8. The Morgan fingerprint density at radius 3 is 1.39 bits per heavy atom. The second kappa shape index (κ2) is 17.2. The van der Waals surface area contributed by atoms with Crippen molar-refractivity contribution in [3.63, 3.8) is 0 Å². The van der Waals surface area contributed by atoms with Crippen LogP contribution in [-0.2, 0) is 23.0 Å². The summed E-state index contributed by atoms with van der Waals surface area (Å²) in [5, 5.41) is 0. The molecule has 0 amide bonds. The highest BCUT2D eigenvalue weighted by atomic mass is 32.2. The highest BCUT2D eigenvalue weighted by Gasteiger charge is 2.27. The lowest BCUT2D eigenvalue weighted by Gasteiger charge is -2.30. The lowest BCUT2D eigenvalue weighted by atomic mass is 9.83. The first kappa shape index (κ1) is 37.9. The first-order chi connectivity index (χ1) is 24.6. The summed E-state index contributed by atoms with van der Waals surface area (Å²) in [6, 6.07) is 37.4. The Balaban J connectivity index is 1.63. The van der Waals surface area contributed by atoms with Crippen LogP contribution in [0.4, 0.5) is 22.7 Å². The van der Waals surface area contributed by atoms with Crippen LogP contribution < -0.4 is 9.80 Å². The van der Waals surface area contributed by atoms with Crippen molar-refractivity contribution in [2.75, 3.05) is 22.9 Å². The number of hydrogen-bond acceptors (Lipinski definition) is 4. The predicted molar refractivity (Wildman–Crippen MR) is 215 cm³/mol. The normalized spacial score (nSPS) is 11.6. The molecular formula is C45H54N2O3S. The third-order valence-electron chi connectivity index (χ3n) is 9.98. The Labute approximate surface area is 306 Å². The summed E-state index contributed by atoms with van der Waals surface area (Å²) in [7, 11) is -4.48. The molecule has 0 spiro atoms. The fraction of sp³-hybridized carbons (Fsp3) is 0.333. The molecule has 6 heteroatoms. The molecule has 1 N–H and O–H groups in total.